The van der Waals surface area contributed by atoms with Crippen molar-refractivity contribution in [2.24, 2.45) is 10.8 Å². The number of nitrogens with zero attached hydrogens (tertiary/aromatic N) is 1. The number of aliphatic hydroxyl groups is 1. The second-order valence-corrected chi connectivity index (χ2v) is 12.9. The number of aromatic nitrogens is 1. The monoisotopic (exact) mass is 770 g/mol. The fourth-order valence-electron chi connectivity index (χ4n) is 4.48. The van der Waals surface area contributed by atoms with Gasteiger partial charge < -0.3 is 14.8 Å². The molecule has 0 saturated heterocycles. The Balaban J connectivity index is 0.000000324. The molecule has 4 nitrogen and oxygen atoms in total. The Hall–Kier alpha value is -3.86. The van der Waals surface area contributed by atoms with Crippen LogP contribution in [0.1, 0.15) is 52.7 Å². The van der Waals surface area contributed by atoms with Crippen molar-refractivity contribution >= 4 is 27.3 Å². The van der Waals surface area contributed by atoms with Crippen LogP contribution >= 0.6 is 0 Å². The van der Waals surface area contributed by atoms with Crippen molar-refractivity contribution in [2.75, 3.05) is 0 Å². The first-order chi connectivity index (χ1) is 20.1. The molecule has 5 aromatic rings. The average molecular weight is 770 g/mol. The largest absolute Gasteiger partial charge is 0.511 e. The summed E-state index contributed by atoms with van der Waals surface area (Å²) in [5.41, 5.74) is 3.42. The predicted molar refractivity (Wildman–Crippen MR) is 176 cm³/mol. The van der Waals surface area contributed by atoms with Crippen LogP contribution in [0.5, 0.6) is 11.5 Å². The molecule has 0 atom stereocenters. The molecule has 44 heavy (non-hydrogen) atoms. The SMILES string of the molecule is CC(C)(C)C(=[OH+])/C=C(\O)C(C)(C)C.Cc1[c-]c(-c2nccc3c2ccc2cc(Oc4ccccc4)c(F)cc23)cc(C)c1.[Ir]. The van der Waals surface area contributed by atoms with E-state index in [1.165, 1.54) is 6.08 Å². The van der Waals surface area contributed by atoms with Crippen LogP contribution in [0.4, 0.5) is 4.39 Å². The molecular formula is C38H40FIrNO3. The molecule has 0 aliphatic carbocycles. The number of carbonyl (C=O) groups excluding carboxylic acids is 1. The van der Waals surface area contributed by atoms with Crippen molar-refractivity contribution in [3.8, 4) is 22.8 Å². The molecule has 0 amide bonds. The normalized spacial score (nSPS) is 11.9. The first kappa shape index (κ1) is 34.6. The van der Waals surface area contributed by atoms with Crippen molar-refractivity contribution < 1.29 is 39.1 Å². The van der Waals surface area contributed by atoms with Gasteiger partial charge in [-0.2, -0.15) is 0 Å². The molecule has 1 heterocycles. The van der Waals surface area contributed by atoms with Gasteiger partial charge in [-0.15, -0.1) is 34.9 Å². The molecule has 5 rings (SSSR count). The zero-order chi connectivity index (χ0) is 31.5. The Morgan fingerprint density at radius 2 is 1.55 bits per heavy atom. The standard InChI is InChI=1S/C27H19FNO.C11H20O2.Ir/c1-17-12-18(2)14-20(13-17)27-23-9-8-19-15-26(30-21-6-4-3-5-7-21)25(28)16-24(19)22(23)10-11-29-27;1-10(2,3)8(12)7-9(13)11(4,5)6;/h3-13,15-16H,1-2H3;7,12H,1-6H3;/q-1;;/p+1/b;8-7-;. The maximum absolute atomic E-state index is 14.9. The number of ether oxygens (including phenoxy) is 1. The second kappa shape index (κ2) is 13.8. The summed E-state index contributed by atoms with van der Waals surface area (Å²) in [5, 5.41) is 13.3. The minimum absolute atomic E-state index is 0. The van der Waals surface area contributed by atoms with Crippen LogP contribution in [0.2, 0.25) is 0 Å². The van der Waals surface area contributed by atoms with Crippen molar-refractivity contribution in [1.82, 2.24) is 4.98 Å². The summed E-state index contributed by atoms with van der Waals surface area (Å²) in [6.45, 7) is 15.5. The van der Waals surface area contributed by atoms with Gasteiger partial charge in [-0.05, 0) is 78.3 Å². The molecular weight excluding hydrogens is 730 g/mol. The molecule has 2 N–H and O–H groups in total. The third-order valence-electron chi connectivity index (χ3n) is 7.00. The number of rotatable bonds is 4. The maximum atomic E-state index is 14.9. The van der Waals surface area contributed by atoms with E-state index < -0.39 is 5.82 Å². The van der Waals surface area contributed by atoms with Gasteiger partial charge in [0.1, 0.15) is 11.5 Å². The van der Waals surface area contributed by atoms with Crippen LogP contribution in [0, 0.1) is 36.6 Å². The van der Waals surface area contributed by atoms with Crippen LogP contribution in [-0.2, 0) is 20.1 Å². The smallest absolute Gasteiger partial charge is 0.325 e. The van der Waals surface area contributed by atoms with Gasteiger partial charge in [-0.3, -0.25) is 4.79 Å². The number of aryl methyl sites for hydroxylation is 2. The first-order valence-electron chi connectivity index (χ1n) is 14.4. The quantitative estimate of drug-likeness (QED) is 0.0651. The zero-order valence-electron chi connectivity index (χ0n) is 26.5. The molecule has 4 aromatic carbocycles. The number of allylic oxidation sites excluding steroid dienone is 2. The van der Waals surface area contributed by atoms with Crippen molar-refractivity contribution in [3.05, 3.63) is 114 Å². The molecule has 0 spiro atoms. The van der Waals surface area contributed by atoms with E-state index in [2.05, 4.69) is 30.1 Å². The fourth-order valence-corrected chi connectivity index (χ4v) is 4.48. The van der Waals surface area contributed by atoms with Gasteiger partial charge in [0.25, 0.3) is 0 Å². The van der Waals surface area contributed by atoms with Gasteiger partial charge in [0.2, 0.25) is 0 Å². The number of halogens is 1. The van der Waals surface area contributed by atoms with E-state index in [4.69, 9.17) is 4.74 Å². The number of hydrogen-bond donors (Lipinski definition) is 1. The minimum Gasteiger partial charge on any atom is -0.511 e. The number of fused-ring (bicyclic) bond motifs is 3. The van der Waals surface area contributed by atoms with Crippen LogP contribution in [-0.4, -0.2) is 20.7 Å². The number of benzene rings is 4. The Kier molecular flexibility index (Phi) is 10.9. The van der Waals surface area contributed by atoms with E-state index in [-0.39, 0.29) is 48.2 Å². The molecule has 1 radical (unpaired) electrons. The molecule has 0 aliphatic rings. The Morgan fingerprint density at radius 3 is 2.16 bits per heavy atom. The van der Waals surface area contributed by atoms with Gasteiger partial charge in [-0.1, -0.05) is 65.0 Å². The van der Waals surface area contributed by atoms with E-state index in [0.717, 1.165) is 43.9 Å². The summed E-state index contributed by atoms with van der Waals surface area (Å²) in [4.78, 5) is 14.2. The van der Waals surface area contributed by atoms with Crippen LogP contribution in [0.3, 0.4) is 0 Å². The molecule has 6 heteroatoms. The Labute approximate surface area is 273 Å². The number of hydrogen-bond acceptors (Lipinski definition) is 3. The second-order valence-electron chi connectivity index (χ2n) is 12.9. The molecule has 1 aromatic heterocycles. The number of aliphatic hydroxyl groups excluding tert-OH is 1. The van der Waals surface area contributed by atoms with Crippen molar-refractivity contribution in [2.45, 2.75) is 55.4 Å². The number of para-hydroxylation sites is 1. The summed E-state index contributed by atoms with van der Waals surface area (Å²) in [6, 6.07) is 26.1. The van der Waals surface area contributed by atoms with E-state index in [9.17, 15) is 14.3 Å². The zero-order valence-corrected chi connectivity index (χ0v) is 28.9. The average Bonchev–Trinajstić information content (AvgIpc) is 2.92. The molecule has 0 saturated carbocycles. The molecule has 0 unspecified atom stereocenters. The third-order valence-corrected chi connectivity index (χ3v) is 7.00. The summed E-state index contributed by atoms with van der Waals surface area (Å²) in [5.74, 6) is 0.841. The topological polar surface area (TPSA) is 63.8 Å². The predicted octanol–water partition coefficient (Wildman–Crippen LogP) is 10.5. The summed E-state index contributed by atoms with van der Waals surface area (Å²) < 4.78 is 20.7. The molecule has 0 fully saturated rings. The Morgan fingerprint density at radius 1 is 0.864 bits per heavy atom. The van der Waals surface area contributed by atoms with E-state index in [1.54, 1.807) is 18.3 Å². The molecule has 0 aliphatic heterocycles. The van der Waals surface area contributed by atoms with E-state index in [1.807, 2.05) is 97.0 Å². The van der Waals surface area contributed by atoms with E-state index >= 15 is 0 Å². The third kappa shape index (κ3) is 8.40. The maximum Gasteiger partial charge on any atom is 0.325 e. The van der Waals surface area contributed by atoms with Crippen molar-refractivity contribution in [3.63, 3.8) is 0 Å². The summed E-state index contributed by atoms with van der Waals surface area (Å²) in [7, 11) is 0. The van der Waals surface area contributed by atoms with Crippen LogP contribution in [0.15, 0.2) is 90.8 Å². The fraction of sp³-hybridized carbons (Fsp3) is 0.263. The summed E-state index contributed by atoms with van der Waals surface area (Å²) >= 11 is 0. The molecule has 0 bridgehead atoms. The number of pyridine rings is 1. The van der Waals surface area contributed by atoms with E-state index in [0.29, 0.717) is 5.75 Å². The van der Waals surface area contributed by atoms with Gasteiger partial charge in [0.15, 0.2) is 11.6 Å². The van der Waals surface area contributed by atoms with Gasteiger partial charge in [0.05, 0.1) is 11.5 Å². The summed E-state index contributed by atoms with van der Waals surface area (Å²) in [6.07, 6.45) is 3.22. The van der Waals surface area contributed by atoms with Crippen LogP contribution in [0.25, 0.3) is 32.8 Å². The number of ketones is 1. The minimum atomic E-state index is -0.393. The van der Waals surface area contributed by atoms with Gasteiger partial charge in [-0.25, -0.2) is 4.39 Å². The Bertz CT molecular complexity index is 1800. The van der Waals surface area contributed by atoms with Gasteiger partial charge >= 0.3 is 5.78 Å². The first-order valence-corrected chi connectivity index (χ1v) is 14.4. The van der Waals surface area contributed by atoms with Crippen LogP contribution < -0.4 is 4.74 Å². The molecule has 231 valence electrons. The van der Waals surface area contributed by atoms with Gasteiger partial charge in [0, 0.05) is 31.7 Å². The van der Waals surface area contributed by atoms with Crippen molar-refractivity contribution in [1.29, 1.82) is 0 Å².